The van der Waals surface area contributed by atoms with Crippen LogP contribution in [-0.2, 0) is 10.9 Å². The van der Waals surface area contributed by atoms with Gasteiger partial charge in [0.05, 0.1) is 24.3 Å². The van der Waals surface area contributed by atoms with Crippen molar-refractivity contribution in [3.8, 4) is 16.9 Å². The van der Waals surface area contributed by atoms with Crippen LogP contribution in [0.3, 0.4) is 0 Å². The lowest BCUT2D eigenvalue weighted by Crippen LogP contribution is -2.14. The van der Waals surface area contributed by atoms with Gasteiger partial charge in [-0.15, -0.1) is 0 Å². The second-order valence-electron chi connectivity index (χ2n) is 5.20. The Hall–Kier alpha value is -2.25. The van der Waals surface area contributed by atoms with Gasteiger partial charge < -0.3 is 14.6 Å². The predicted octanol–water partition coefficient (Wildman–Crippen LogP) is 4.57. The van der Waals surface area contributed by atoms with Crippen LogP contribution in [-0.4, -0.2) is 30.9 Å². The van der Waals surface area contributed by atoms with Crippen molar-refractivity contribution >= 4 is 17.6 Å². The van der Waals surface area contributed by atoms with Crippen LogP contribution in [0.4, 0.5) is 13.2 Å². The number of esters is 1. The zero-order chi connectivity index (χ0) is 19.3. The van der Waals surface area contributed by atoms with E-state index in [1.54, 1.807) is 25.1 Å². The molecule has 0 radical (unpaired) electrons. The summed E-state index contributed by atoms with van der Waals surface area (Å²) in [5.41, 5.74) is -1.03. The molecule has 26 heavy (non-hydrogen) atoms. The first-order chi connectivity index (χ1) is 12.3. The summed E-state index contributed by atoms with van der Waals surface area (Å²) < 4.78 is 50.7. The van der Waals surface area contributed by atoms with E-state index in [1.807, 2.05) is 0 Å². The van der Waals surface area contributed by atoms with Gasteiger partial charge >= 0.3 is 12.1 Å². The molecule has 2 aromatic carbocycles. The van der Waals surface area contributed by atoms with Gasteiger partial charge in [-0.1, -0.05) is 23.7 Å². The van der Waals surface area contributed by atoms with Crippen LogP contribution in [0, 0.1) is 0 Å². The molecule has 0 amide bonds. The molecule has 0 aliphatic rings. The van der Waals surface area contributed by atoms with E-state index >= 15 is 0 Å². The molecule has 0 spiro atoms. The number of benzene rings is 2. The molecule has 0 saturated carbocycles. The number of alkyl halides is 3. The Bertz CT molecular complexity index is 790. The topological polar surface area (TPSA) is 55.8 Å². The zero-order valence-corrected chi connectivity index (χ0v) is 14.5. The minimum atomic E-state index is -4.78. The minimum Gasteiger partial charge on any atom is -0.490 e. The van der Waals surface area contributed by atoms with Crippen molar-refractivity contribution in [2.75, 3.05) is 19.8 Å². The maximum Gasteiger partial charge on any atom is 0.420 e. The monoisotopic (exact) mass is 388 g/mol. The number of hydrogen-bond acceptors (Lipinski definition) is 4. The second kappa shape index (κ2) is 8.42. The quantitative estimate of drug-likeness (QED) is 0.736. The maximum absolute atomic E-state index is 13.6. The molecule has 140 valence electrons. The summed E-state index contributed by atoms with van der Waals surface area (Å²) in [6.45, 7) is 0.774. The first-order valence-corrected chi connectivity index (χ1v) is 8.07. The van der Waals surface area contributed by atoms with Gasteiger partial charge in [-0.2, -0.15) is 13.2 Å². The first kappa shape index (κ1) is 20.1. The molecule has 4 nitrogen and oxygen atoms in total. The van der Waals surface area contributed by atoms with E-state index in [0.29, 0.717) is 16.7 Å². The second-order valence-corrected chi connectivity index (χ2v) is 5.64. The average molecular weight is 389 g/mol. The fourth-order valence-electron chi connectivity index (χ4n) is 2.35. The molecule has 1 N–H and O–H groups in total. The van der Waals surface area contributed by atoms with Crippen LogP contribution in [0.25, 0.3) is 11.1 Å². The highest BCUT2D eigenvalue weighted by molar-refractivity contribution is 6.30. The number of hydrogen-bond donors (Lipinski definition) is 1. The first-order valence-electron chi connectivity index (χ1n) is 7.70. The Morgan fingerprint density at radius 3 is 2.54 bits per heavy atom. The molecule has 0 unspecified atom stereocenters. The van der Waals surface area contributed by atoms with Crippen molar-refractivity contribution in [3.05, 3.63) is 52.5 Å². The van der Waals surface area contributed by atoms with Crippen molar-refractivity contribution in [3.63, 3.8) is 0 Å². The summed E-state index contributed by atoms with van der Waals surface area (Å²) in [5, 5.41) is 9.25. The van der Waals surface area contributed by atoms with Crippen LogP contribution >= 0.6 is 11.6 Å². The van der Waals surface area contributed by atoms with E-state index < -0.39 is 30.1 Å². The van der Waals surface area contributed by atoms with Crippen molar-refractivity contribution in [2.24, 2.45) is 0 Å². The highest BCUT2D eigenvalue weighted by atomic mass is 35.5. The van der Waals surface area contributed by atoms with Gasteiger partial charge in [0, 0.05) is 10.6 Å². The molecular formula is C18H16ClF3O4. The molecule has 8 heteroatoms. The van der Waals surface area contributed by atoms with Crippen LogP contribution < -0.4 is 4.74 Å². The SMILES string of the molecule is CCOC(=O)c1cc(-c2cccc(Cl)c2)c(OCCO)c(C(F)(F)F)c1. The van der Waals surface area contributed by atoms with Gasteiger partial charge in [-0.3, -0.25) is 0 Å². The molecule has 0 atom stereocenters. The standard InChI is InChI=1S/C18H16ClF3O4/c1-2-25-17(24)12-9-14(11-4-3-5-13(19)8-11)16(26-7-6-23)15(10-12)18(20,21)22/h3-5,8-10,23H,2,6-7H2,1H3. The van der Waals surface area contributed by atoms with Gasteiger partial charge in [0.1, 0.15) is 12.4 Å². The number of carbonyl (C=O) groups is 1. The third-order valence-electron chi connectivity index (χ3n) is 3.38. The highest BCUT2D eigenvalue weighted by Crippen LogP contribution is 2.43. The molecule has 2 aromatic rings. The largest absolute Gasteiger partial charge is 0.490 e. The van der Waals surface area contributed by atoms with Gasteiger partial charge in [-0.05, 0) is 36.8 Å². The van der Waals surface area contributed by atoms with Crippen molar-refractivity contribution in [2.45, 2.75) is 13.1 Å². The van der Waals surface area contributed by atoms with Crippen molar-refractivity contribution in [1.29, 1.82) is 0 Å². The smallest absolute Gasteiger partial charge is 0.420 e. The number of carbonyl (C=O) groups excluding carboxylic acids is 1. The molecular weight excluding hydrogens is 373 g/mol. The summed E-state index contributed by atoms with van der Waals surface area (Å²) >= 11 is 5.94. The zero-order valence-electron chi connectivity index (χ0n) is 13.8. The van der Waals surface area contributed by atoms with Crippen LogP contribution in [0.1, 0.15) is 22.8 Å². The van der Waals surface area contributed by atoms with Crippen LogP contribution in [0.15, 0.2) is 36.4 Å². The Balaban J connectivity index is 2.75. The van der Waals surface area contributed by atoms with Gasteiger partial charge in [0.15, 0.2) is 0 Å². The summed E-state index contributed by atoms with van der Waals surface area (Å²) in [4.78, 5) is 12.0. The average Bonchev–Trinajstić information content (AvgIpc) is 2.58. The summed E-state index contributed by atoms with van der Waals surface area (Å²) in [6.07, 6.45) is -4.78. The van der Waals surface area contributed by atoms with Gasteiger partial charge in [0.25, 0.3) is 0 Å². The van der Waals surface area contributed by atoms with Crippen LogP contribution in [0.5, 0.6) is 5.75 Å². The van der Waals surface area contributed by atoms with Crippen LogP contribution in [0.2, 0.25) is 5.02 Å². The number of rotatable bonds is 6. The lowest BCUT2D eigenvalue weighted by atomic mass is 9.97. The van der Waals surface area contributed by atoms with E-state index in [4.69, 9.17) is 26.2 Å². The molecule has 0 aliphatic heterocycles. The maximum atomic E-state index is 13.6. The lowest BCUT2D eigenvalue weighted by Gasteiger charge is -2.19. The van der Waals surface area contributed by atoms with E-state index in [0.717, 1.165) is 0 Å². The lowest BCUT2D eigenvalue weighted by molar-refractivity contribution is -0.139. The number of ether oxygens (including phenoxy) is 2. The molecule has 0 bridgehead atoms. The fraction of sp³-hybridized carbons (Fsp3) is 0.278. The van der Waals surface area contributed by atoms with E-state index in [-0.39, 0.29) is 24.3 Å². The predicted molar refractivity (Wildman–Crippen MR) is 90.4 cm³/mol. The number of aliphatic hydroxyl groups is 1. The van der Waals surface area contributed by atoms with Crippen molar-refractivity contribution < 1.29 is 32.5 Å². The summed E-state index contributed by atoms with van der Waals surface area (Å²) in [5.74, 6) is -1.36. The Kier molecular flexibility index (Phi) is 6.50. The van der Waals surface area contributed by atoms with E-state index in [1.165, 1.54) is 12.1 Å². The third kappa shape index (κ3) is 4.68. The molecule has 0 fully saturated rings. The molecule has 2 rings (SSSR count). The van der Waals surface area contributed by atoms with E-state index in [9.17, 15) is 18.0 Å². The van der Waals surface area contributed by atoms with E-state index in [2.05, 4.69) is 0 Å². The fourth-order valence-corrected chi connectivity index (χ4v) is 2.54. The summed E-state index contributed by atoms with van der Waals surface area (Å²) in [6, 6.07) is 8.07. The highest BCUT2D eigenvalue weighted by Gasteiger charge is 2.37. The molecule has 0 saturated heterocycles. The number of aliphatic hydroxyl groups excluding tert-OH is 1. The van der Waals surface area contributed by atoms with Gasteiger partial charge in [-0.25, -0.2) is 4.79 Å². The third-order valence-corrected chi connectivity index (χ3v) is 3.61. The molecule has 0 heterocycles. The minimum absolute atomic E-state index is 0.0233. The number of halogens is 4. The Morgan fingerprint density at radius 2 is 1.96 bits per heavy atom. The Labute approximate surface area is 153 Å². The molecule has 0 aliphatic carbocycles. The van der Waals surface area contributed by atoms with Gasteiger partial charge in [0.2, 0.25) is 0 Å². The molecule has 0 aromatic heterocycles. The Morgan fingerprint density at radius 1 is 1.23 bits per heavy atom. The normalized spacial score (nSPS) is 11.3. The van der Waals surface area contributed by atoms with Crippen molar-refractivity contribution in [1.82, 2.24) is 0 Å². The summed E-state index contributed by atoms with van der Waals surface area (Å²) in [7, 11) is 0.